The topological polar surface area (TPSA) is 54.2 Å². The van der Waals surface area contributed by atoms with E-state index in [-0.39, 0.29) is 24.0 Å². The van der Waals surface area contributed by atoms with E-state index in [2.05, 4.69) is 39.8 Å². The van der Waals surface area contributed by atoms with Crippen LogP contribution in [0.25, 0.3) is 0 Å². The molecule has 21 heavy (non-hydrogen) atoms. The van der Waals surface area contributed by atoms with Crippen LogP contribution in [-0.4, -0.2) is 29.1 Å². The Hall–Kier alpha value is -1.09. The van der Waals surface area contributed by atoms with Gasteiger partial charge in [0.15, 0.2) is 5.96 Å². The van der Waals surface area contributed by atoms with Gasteiger partial charge in [-0.05, 0) is 18.6 Å². The van der Waals surface area contributed by atoms with Gasteiger partial charge < -0.3 is 15.2 Å². The summed E-state index contributed by atoms with van der Waals surface area (Å²) in [5, 5.41) is 7.76. The molecule has 0 amide bonds. The van der Waals surface area contributed by atoms with E-state index in [0.717, 1.165) is 30.5 Å². The van der Waals surface area contributed by atoms with E-state index in [1.54, 1.807) is 18.4 Å². The average molecular weight is 419 g/mol. The van der Waals surface area contributed by atoms with Crippen molar-refractivity contribution in [3.8, 4) is 0 Å². The van der Waals surface area contributed by atoms with Crippen LogP contribution in [0.1, 0.15) is 15.4 Å². The van der Waals surface area contributed by atoms with E-state index >= 15 is 0 Å². The second-order valence-corrected chi connectivity index (χ2v) is 5.97. The summed E-state index contributed by atoms with van der Waals surface area (Å²) in [4.78, 5) is 9.82. The van der Waals surface area contributed by atoms with Gasteiger partial charge in [0.2, 0.25) is 0 Å². The highest BCUT2D eigenvalue weighted by molar-refractivity contribution is 14.0. The van der Waals surface area contributed by atoms with Crippen molar-refractivity contribution in [1.29, 1.82) is 0 Å². The first-order valence-electron chi connectivity index (χ1n) is 6.64. The molecule has 0 aliphatic carbocycles. The maximum Gasteiger partial charge on any atom is 0.191 e. The lowest BCUT2D eigenvalue weighted by Gasteiger charge is -2.10. The predicted molar refractivity (Wildman–Crippen MR) is 99.6 cm³/mol. The lowest BCUT2D eigenvalue weighted by molar-refractivity contribution is 0.790. The van der Waals surface area contributed by atoms with Crippen molar-refractivity contribution in [2.75, 3.05) is 13.6 Å². The SMILES string of the molecule is CN=C(NCCc1ncc(C)s1)NCc1ccn(C)c1.I. The van der Waals surface area contributed by atoms with Crippen molar-refractivity contribution in [2.45, 2.75) is 19.9 Å². The van der Waals surface area contributed by atoms with E-state index in [9.17, 15) is 0 Å². The first-order valence-corrected chi connectivity index (χ1v) is 7.45. The summed E-state index contributed by atoms with van der Waals surface area (Å²) < 4.78 is 2.04. The van der Waals surface area contributed by atoms with Crippen LogP contribution < -0.4 is 10.6 Å². The fourth-order valence-corrected chi connectivity index (χ4v) is 2.66. The molecule has 0 bridgehead atoms. The minimum atomic E-state index is 0. The van der Waals surface area contributed by atoms with Gasteiger partial charge in [0.05, 0.1) is 5.01 Å². The Kier molecular flexibility index (Phi) is 7.73. The summed E-state index contributed by atoms with van der Waals surface area (Å²) >= 11 is 1.75. The molecule has 2 rings (SSSR count). The number of hydrogen-bond acceptors (Lipinski definition) is 3. The number of aryl methyl sites for hydroxylation is 2. The van der Waals surface area contributed by atoms with Gasteiger partial charge in [0, 0.05) is 57.1 Å². The molecule has 0 aliphatic heterocycles. The van der Waals surface area contributed by atoms with Gasteiger partial charge in [-0.15, -0.1) is 35.3 Å². The van der Waals surface area contributed by atoms with Gasteiger partial charge in [-0.3, -0.25) is 4.99 Å². The van der Waals surface area contributed by atoms with E-state index in [0.29, 0.717) is 0 Å². The maximum atomic E-state index is 4.35. The molecule has 0 aliphatic rings. The van der Waals surface area contributed by atoms with Crippen LogP contribution in [0.15, 0.2) is 29.6 Å². The monoisotopic (exact) mass is 419 g/mol. The molecule has 0 atom stereocenters. The third-order valence-corrected chi connectivity index (χ3v) is 3.85. The molecule has 116 valence electrons. The lowest BCUT2D eigenvalue weighted by Crippen LogP contribution is -2.37. The maximum absolute atomic E-state index is 4.35. The second-order valence-electron chi connectivity index (χ2n) is 4.65. The van der Waals surface area contributed by atoms with Crippen LogP contribution in [0.3, 0.4) is 0 Å². The number of guanidine groups is 1. The van der Waals surface area contributed by atoms with Crippen LogP contribution in [0.2, 0.25) is 0 Å². The molecule has 2 aromatic heterocycles. The fourth-order valence-electron chi connectivity index (χ4n) is 1.88. The summed E-state index contributed by atoms with van der Waals surface area (Å²) in [7, 11) is 3.81. The molecule has 0 aromatic carbocycles. The highest BCUT2D eigenvalue weighted by Gasteiger charge is 2.01. The van der Waals surface area contributed by atoms with Crippen LogP contribution in [-0.2, 0) is 20.0 Å². The van der Waals surface area contributed by atoms with Crippen LogP contribution in [0.5, 0.6) is 0 Å². The van der Waals surface area contributed by atoms with Crippen LogP contribution >= 0.6 is 35.3 Å². The van der Waals surface area contributed by atoms with Crippen molar-refractivity contribution < 1.29 is 0 Å². The molecule has 0 saturated heterocycles. The van der Waals surface area contributed by atoms with Crippen molar-refractivity contribution >= 4 is 41.3 Å². The lowest BCUT2D eigenvalue weighted by atomic mass is 10.3. The molecule has 2 N–H and O–H groups in total. The third-order valence-electron chi connectivity index (χ3n) is 2.88. The molecule has 7 heteroatoms. The third kappa shape index (κ3) is 6.04. The molecular formula is C14H22IN5S. The van der Waals surface area contributed by atoms with Crippen molar-refractivity contribution in [3.05, 3.63) is 40.1 Å². The van der Waals surface area contributed by atoms with E-state index in [1.165, 1.54) is 10.4 Å². The van der Waals surface area contributed by atoms with Gasteiger partial charge in [-0.1, -0.05) is 0 Å². The minimum absolute atomic E-state index is 0. The summed E-state index contributed by atoms with van der Waals surface area (Å²) in [6, 6.07) is 2.10. The molecule has 0 radical (unpaired) electrons. The normalized spacial score (nSPS) is 11.1. The minimum Gasteiger partial charge on any atom is -0.357 e. The number of thiazole rings is 1. The molecule has 0 unspecified atom stereocenters. The Bertz CT molecular complexity index is 575. The molecule has 5 nitrogen and oxygen atoms in total. The Morgan fingerprint density at radius 2 is 2.24 bits per heavy atom. The van der Waals surface area contributed by atoms with Gasteiger partial charge >= 0.3 is 0 Å². The molecule has 2 heterocycles. The standard InChI is InChI=1S/C14H21N5S.HI/c1-11-8-17-13(20-11)4-6-16-14(15-2)18-9-12-5-7-19(3)10-12;/h5,7-8,10H,4,6,9H2,1-3H3,(H2,15,16,18);1H. The zero-order valence-corrected chi connectivity index (χ0v) is 15.7. The van der Waals surface area contributed by atoms with Gasteiger partial charge in [0.1, 0.15) is 0 Å². The number of halogens is 1. The smallest absolute Gasteiger partial charge is 0.191 e. The van der Waals surface area contributed by atoms with E-state index < -0.39 is 0 Å². The first-order chi connectivity index (χ1) is 9.67. The first kappa shape index (κ1) is 18.0. The quantitative estimate of drug-likeness (QED) is 0.445. The zero-order valence-electron chi connectivity index (χ0n) is 12.6. The van der Waals surface area contributed by atoms with Crippen LogP contribution in [0, 0.1) is 6.92 Å². The number of aliphatic imine (C=N–C) groups is 1. The van der Waals surface area contributed by atoms with Gasteiger partial charge in [-0.2, -0.15) is 0 Å². The summed E-state index contributed by atoms with van der Waals surface area (Å²) in [6.45, 7) is 3.69. The second kappa shape index (κ2) is 9.04. The Morgan fingerprint density at radius 3 is 2.81 bits per heavy atom. The fraction of sp³-hybridized carbons (Fsp3) is 0.429. The van der Waals surface area contributed by atoms with E-state index in [1.807, 2.05) is 24.0 Å². The zero-order chi connectivity index (χ0) is 14.4. The summed E-state index contributed by atoms with van der Waals surface area (Å²) in [5.41, 5.74) is 1.24. The summed E-state index contributed by atoms with van der Waals surface area (Å²) in [5.74, 6) is 0.821. The molecule has 2 aromatic rings. The van der Waals surface area contributed by atoms with E-state index in [4.69, 9.17) is 0 Å². The largest absolute Gasteiger partial charge is 0.357 e. The number of nitrogens with zero attached hydrogens (tertiary/aromatic N) is 3. The Morgan fingerprint density at radius 1 is 1.43 bits per heavy atom. The van der Waals surface area contributed by atoms with Crippen molar-refractivity contribution in [1.82, 2.24) is 20.2 Å². The highest BCUT2D eigenvalue weighted by Crippen LogP contribution is 2.10. The number of hydrogen-bond donors (Lipinski definition) is 2. The van der Waals surface area contributed by atoms with Gasteiger partial charge in [-0.25, -0.2) is 4.98 Å². The molecule has 0 saturated carbocycles. The highest BCUT2D eigenvalue weighted by atomic mass is 127. The molecular weight excluding hydrogens is 397 g/mol. The number of aromatic nitrogens is 2. The molecule has 0 fully saturated rings. The van der Waals surface area contributed by atoms with Gasteiger partial charge in [0.25, 0.3) is 0 Å². The average Bonchev–Trinajstić information content (AvgIpc) is 3.02. The predicted octanol–water partition coefficient (Wildman–Crippen LogP) is 2.32. The number of rotatable bonds is 5. The van der Waals surface area contributed by atoms with Crippen molar-refractivity contribution in [3.63, 3.8) is 0 Å². The summed E-state index contributed by atoms with van der Waals surface area (Å²) in [6.07, 6.45) is 6.98. The molecule has 0 spiro atoms. The number of nitrogens with one attached hydrogen (secondary N) is 2. The van der Waals surface area contributed by atoms with Crippen molar-refractivity contribution in [2.24, 2.45) is 12.0 Å². The van der Waals surface area contributed by atoms with Crippen LogP contribution in [0.4, 0.5) is 0 Å². The Balaban J connectivity index is 0.00000220. The Labute approximate surface area is 146 Å².